The first-order valence-corrected chi connectivity index (χ1v) is 6.53. The minimum atomic E-state index is -0.692. The maximum absolute atomic E-state index is 11.9. The van der Waals surface area contributed by atoms with Crippen LogP contribution in [0.5, 0.6) is 0 Å². The van der Waals surface area contributed by atoms with Crippen LogP contribution in [0.1, 0.15) is 39.7 Å². The van der Waals surface area contributed by atoms with E-state index in [0.717, 1.165) is 5.56 Å². The zero-order valence-electron chi connectivity index (χ0n) is 12.1. The van der Waals surface area contributed by atoms with E-state index in [9.17, 15) is 9.59 Å². The molecule has 3 heteroatoms. The van der Waals surface area contributed by atoms with Crippen LogP contribution in [0, 0.1) is 11.3 Å². The molecule has 0 saturated carbocycles. The summed E-state index contributed by atoms with van der Waals surface area (Å²) in [6.07, 6.45) is 0.384. The lowest BCUT2D eigenvalue weighted by atomic mass is 9.86. The van der Waals surface area contributed by atoms with Crippen molar-refractivity contribution in [2.75, 3.05) is 0 Å². The Morgan fingerprint density at radius 1 is 1.16 bits per heavy atom. The largest absolute Gasteiger partial charge is 0.460 e. The summed E-state index contributed by atoms with van der Waals surface area (Å²) in [5.74, 6) is -1.20. The lowest BCUT2D eigenvalue weighted by Crippen LogP contribution is -2.26. The van der Waals surface area contributed by atoms with Crippen LogP contribution in [-0.2, 0) is 20.9 Å². The fourth-order valence-corrected chi connectivity index (χ4v) is 1.66. The van der Waals surface area contributed by atoms with Crippen LogP contribution in [0.4, 0.5) is 0 Å². The van der Waals surface area contributed by atoms with E-state index in [0.29, 0.717) is 6.42 Å². The summed E-state index contributed by atoms with van der Waals surface area (Å²) < 4.78 is 5.17. The fourth-order valence-electron chi connectivity index (χ4n) is 1.66. The number of rotatable bonds is 5. The molecule has 19 heavy (non-hydrogen) atoms. The van der Waals surface area contributed by atoms with Crippen molar-refractivity contribution < 1.29 is 14.3 Å². The smallest absolute Gasteiger partial charge is 0.316 e. The lowest BCUT2D eigenvalue weighted by Gasteiger charge is -2.19. The highest BCUT2D eigenvalue weighted by atomic mass is 16.5. The average Bonchev–Trinajstić information content (AvgIpc) is 2.34. The number of ketones is 1. The molecule has 1 aromatic rings. The standard InChI is InChI=1S/C16H22O3/c1-12(14(17)10-16(2,3)4)15(18)19-11-13-8-6-5-7-9-13/h5-9,12H,10-11H2,1-4H3. The van der Waals surface area contributed by atoms with Gasteiger partial charge in [-0.15, -0.1) is 0 Å². The summed E-state index contributed by atoms with van der Waals surface area (Å²) in [7, 11) is 0. The second-order valence-electron chi connectivity index (χ2n) is 6.02. The van der Waals surface area contributed by atoms with Crippen LogP contribution < -0.4 is 0 Å². The molecule has 0 saturated heterocycles. The third-order valence-corrected chi connectivity index (χ3v) is 2.76. The van der Waals surface area contributed by atoms with Crippen LogP contribution in [0.2, 0.25) is 0 Å². The zero-order valence-corrected chi connectivity index (χ0v) is 12.1. The molecule has 0 N–H and O–H groups in total. The van der Waals surface area contributed by atoms with Gasteiger partial charge in [0.1, 0.15) is 18.3 Å². The highest BCUT2D eigenvalue weighted by Crippen LogP contribution is 2.21. The van der Waals surface area contributed by atoms with Crippen molar-refractivity contribution in [3.05, 3.63) is 35.9 Å². The van der Waals surface area contributed by atoms with Gasteiger partial charge in [0.15, 0.2) is 0 Å². The van der Waals surface area contributed by atoms with E-state index in [-0.39, 0.29) is 17.8 Å². The molecule has 1 unspecified atom stereocenters. The van der Waals surface area contributed by atoms with Gasteiger partial charge >= 0.3 is 5.97 Å². The number of carbonyl (C=O) groups is 2. The molecule has 0 heterocycles. The molecule has 0 aromatic heterocycles. The van der Waals surface area contributed by atoms with Gasteiger partial charge in [0.25, 0.3) is 0 Å². The van der Waals surface area contributed by atoms with Crippen molar-refractivity contribution in [3.8, 4) is 0 Å². The summed E-state index contributed by atoms with van der Waals surface area (Å²) >= 11 is 0. The van der Waals surface area contributed by atoms with Gasteiger partial charge in [-0.25, -0.2) is 0 Å². The number of esters is 1. The Morgan fingerprint density at radius 3 is 2.26 bits per heavy atom. The number of Topliss-reactive ketones (excluding diaryl/α,β-unsaturated/α-hetero) is 1. The Morgan fingerprint density at radius 2 is 1.74 bits per heavy atom. The fraction of sp³-hybridized carbons (Fsp3) is 0.500. The highest BCUT2D eigenvalue weighted by molar-refractivity contribution is 5.98. The molecule has 0 amide bonds. The topological polar surface area (TPSA) is 43.4 Å². The molecular formula is C16H22O3. The first-order chi connectivity index (χ1) is 8.79. The second kappa shape index (κ2) is 6.50. The zero-order chi connectivity index (χ0) is 14.5. The van der Waals surface area contributed by atoms with Crippen molar-refractivity contribution in [1.82, 2.24) is 0 Å². The third kappa shape index (κ3) is 5.69. The summed E-state index contributed by atoms with van der Waals surface area (Å²) in [5, 5.41) is 0. The quantitative estimate of drug-likeness (QED) is 0.603. The predicted molar refractivity (Wildman–Crippen MR) is 74.5 cm³/mol. The van der Waals surface area contributed by atoms with Gasteiger partial charge in [-0.1, -0.05) is 51.1 Å². The van der Waals surface area contributed by atoms with Gasteiger partial charge in [0, 0.05) is 6.42 Å². The van der Waals surface area contributed by atoms with E-state index in [1.54, 1.807) is 6.92 Å². The summed E-state index contributed by atoms with van der Waals surface area (Å²) in [6.45, 7) is 7.76. The van der Waals surface area contributed by atoms with E-state index >= 15 is 0 Å². The first-order valence-electron chi connectivity index (χ1n) is 6.53. The van der Waals surface area contributed by atoms with Gasteiger partial charge in [0.05, 0.1) is 0 Å². The molecule has 3 nitrogen and oxygen atoms in total. The number of benzene rings is 1. The molecule has 104 valence electrons. The van der Waals surface area contributed by atoms with Crippen LogP contribution in [0.3, 0.4) is 0 Å². The van der Waals surface area contributed by atoms with Gasteiger partial charge in [-0.2, -0.15) is 0 Å². The first kappa shape index (κ1) is 15.4. The molecule has 0 fully saturated rings. The molecule has 1 rings (SSSR count). The Kier molecular flexibility index (Phi) is 5.28. The Hall–Kier alpha value is -1.64. The number of hydrogen-bond donors (Lipinski definition) is 0. The molecule has 0 spiro atoms. The number of hydrogen-bond acceptors (Lipinski definition) is 3. The van der Waals surface area contributed by atoms with Crippen LogP contribution in [-0.4, -0.2) is 11.8 Å². The lowest BCUT2D eigenvalue weighted by molar-refractivity contribution is -0.152. The van der Waals surface area contributed by atoms with Crippen molar-refractivity contribution in [2.45, 2.75) is 40.7 Å². The maximum atomic E-state index is 11.9. The molecule has 1 atom stereocenters. The SMILES string of the molecule is CC(C(=O)CC(C)(C)C)C(=O)OCc1ccccc1. The minimum absolute atomic E-state index is 0.0643. The number of carbonyl (C=O) groups excluding carboxylic acids is 2. The van der Waals surface area contributed by atoms with Crippen LogP contribution in [0.15, 0.2) is 30.3 Å². The van der Waals surface area contributed by atoms with Crippen molar-refractivity contribution >= 4 is 11.8 Å². The second-order valence-corrected chi connectivity index (χ2v) is 6.02. The van der Waals surface area contributed by atoms with Crippen LogP contribution in [0.25, 0.3) is 0 Å². The van der Waals surface area contributed by atoms with E-state index in [4.69, 9.17) is 4.74 Å². The average molecular weight is 262 g/mol. The van der Waals surface area contributed by atoms with Crippen molar-refractivity contribution in [3.63, 3.8) is 0 Å². The molecule has 0 radical (unpaired) electrons. The summed E-state index contributed by atoms with van der Waals surface area (Å²) in [4.78, 5) is 23.7. The van der Waals surface area contributed by atoms with Crippen molar-refractivity contribution in [2.24, 2.45) is 11.3 Å². The molecule has 0 bridgehead atoms. The van der Waals surface area contributed by atoms with E-state index < -0.39 is 11.9 Å². The Labute approximate surface area is 115 Å². The van der Waals surface area contributed by atoms with Crippen molar-refractivity contribution in [1.29, 1.82) is 0 Å². The summed E-state index contributed by atoms with van der Waals surface area (Å²) in [5.41, 5.74) is 0.816. The molecule has 0 aliphatic heterocycles. The molecule has 0 aliphatic rings. The monoisotopic (exact) mass is 262 g/mol. The highest BCUT2D eigenvalue weighted by Gasteiger charge is 2.26. The van der Waals surface area contributed by atoms with E-state index in [1.807, 2.05) is 51.1 Å². The third-order valence-electron chi connectivity index (χ3n) is 2.76. The Balaban J connectivity index is 2.47. The molecule has 1 aromatic carbocycles. The van der Waals surface area contributed by atoms with Gasteiger partial charge < -0.3 is 4.74 Å². The molecular weight excluding hydrogens is 240 g/mol. The molecule has 0 aliphatic carbocycles. The van der Waals surface area contributed by atoms with Gasteiger partial charge in [-0.05, 0) is 17.9 Å². The predicted octanol–water partition coefficient (Wildman–Crippen LogP) is 3.37. The van der Waals surface area contributed by atoms with Gasteiger partial charge in [-0.3, -0.25) is 9.59 Å². The number of ether oxygens (including phenoxy) is 1. The van der Waals surface area contributed by atoms with Gasteiger partial charge in [0.2, 0.25) is 0 Å². The van der Waals surface area contributed by atoms with E-state index in [1.165, 1.54) is 0 Å². The van der Waals surface area contributed by atoms with Crippen LogP contribution >= 0.6 is 0 Å². The normalized spacial score (nSPS) is 12.8. The summed E-state index contributed by atoms with van der Waals surface area (Å²) in [6, 6.07) is 9.44. The minimum Gasteiger partial charge on any atom is -0.460 e. The van der Waals surface area contributed by atoms with E-state index in [2.05, 4.69) is 0 Å². The Bertz CT molecular complexity index is 429. The maximum Gasteiger partial charge on any atom is 0.316 e.